The molecule has 0 saturated carbocycles. The molecule has 0 aliphatic rings. The Labute approximate surface area is 126 Å². The van der Waals surface area contributed by atoms with Gasteiger partial charge in [-0.25, -0.2) is 0 Å². The van der Waals surface area contributed by atoms with Crippen LogP contribution >= 0.6 is 0 Å². The van der Waals surface area contributed by atoms with Gasteiger partial charge in [-0.1, -0.05) is 13.8 Å². The quantitative estimate of drug-likeness (QED) is 0.432. The lowest BCUT2D eigenvalue weighted by Gasteiger charge is -2.08. The minimum Gasteiger partial charge on any atom is -0.382 e. The summed E-state index contributed by atoms with van der Waals surface area (Å²) >= 11 is 0. The van der Waals surface area contributed by atoms with Crippen molar-refractivity contribution in [2.75, 3.05) is 40.1 Å². The highest BCUT2D eigenvalue weighted by Gasteiger charge is 2.14. The molecular formula is C15H26N2O4. The first-order chi connectivity index (χ1) is 10.3. The number of hydrogen-bond acceptors (Lipinski definition) is 5. The zero-order valence-electron chi connectivity index (χ0n) is 13.3. The van der Waals surface area contributed by atoms with E-state index in [1.165, 1.54) is 0 Å². The van der Waals surface area contributed by atoms with Crippen LogP contribution < -0.4 is 0 Å². The van der Waals surface area contributed by atoms with Crippen LogP contribution in [0.2, 0.25) is 0 Å². The second-order valence-electron chi connectivity index (χ2n) is 4.57. The third-order valence-corrected chi connectivity index (χ3v) is 3.21. The van der Waals surface area contributed by atoms with Crippen LogP contribution in [0, 0.1) is 0 Å². The number of ether oxygens (including phenoxy) is 3. The molecule has 0 aliphatic carbocycles. The number of nitrogens with zero attached hydrogens (tertiary/aromatic N) is 2. The van der Waals surface area contributed by atoms with E-state index in [9.17, 15) is 4.79 Å². The highest BCUT2D eigenvalue weighted by atomic mass is 16.5. The van der Waals surface area contributed by atoms with Gasteiger partial charge < -0.3 is 14.2 Å². The van der Waals surface area contributed by atoms with Gasteiger partial charge in [-0.05, 0) is 12.8 Å². The highest BCUT2D eigenvalue weighted by Crippen LogP contribution is 2.14. The first-order valence-electron chi connectivity index (χ1n) is 7.46. The predicted molar refractivity (Wildman–Crippen MR) is 79.9 cm³/mol. The molecule has 0 radical (unpaired) electrons. The monoisotopic (exact) mass is 298 g/mol. The highest BCUT2D eigenvalue weighted by molar-refractivity contribution is 5.78. The molecule has 0 saturated heterocycles. The molecule has 0 fully saturated rings. The molecule has 6 nitrogen and oxygen atoms in total. The summed E-state index contributed by atoms with van der Waals surface area (Å²) in [5.74, 6) is 0. The Morgan fingerprint density at radius 3 is 2.29 bits per heavy atom. The van der Waals surface area contributed by atoms with E-state index >= 15 is 0 Å². The second kappa shape index (κ2) is 10.5. The fourth-order valence-corrected chi connectivity index (χ4v) is 2.14. The van der Waals surface area contributed by atoms with E-state index in [-0.39, 0.29) is 0 Å². The number of aryl methyl sites for hydroxylation is 1. The Balaban J connectivity index is 2.35. The molecular weight excluding hydrogens is 272 g/mol. The summed E-state index contributed by atoms with van der Waals surface area (Å²) in [7, 11) is 1.65. The number of aldehydes is 1. The number of carbonyl (C=O) groups excluding carboxylic acids is 1. The Morgan fingerprint density at radius 1 is 1.05 bits per heavy atom. The number of methoxy groups -OCH3 is 1. The molecule has 1 heterocycles. The van der Waals surface area contributed by atoms with Crippen LogP contribution in [0.25, 0.3) is 0 Å². The second-order valence-corrected chi connectivity index (χ2v) is 4.57. The Morgan fingerprint density at radius 2 is 1.71 bits per heavy atom. The van der Waals surface area contributed by atoms with Crippen molar-refractivity contribution in [3.63, 3.8) is 0 Å². The molecule has 21 heavy (non-hydrogen) atoms. The van der Waals surface area contributed by atoms with Crippen LogP contribution in [0.15, 0.2) is 0 Å². The van der Waals surface area contributed by atoms with Gasteiger partial charge in [0.05, 0.1) is 50.8 Å². The lowest BCUT2D eigenvalue weighted by molar-refractivity contribution is 0.0224. The number of carbonyl (C=O) groups is 1. The van der Waals surface area contributed by atoms with Crippen molar-refractivity contribution in [1.29, 1.82) is 0 Å². The van der Waals surface area contributed by atoms with E-state index in [1.54, 1.807) is 7.11 Å². The number of rotatable bonds is 12. The molecule has 6 heteroatoms. The minimum absolute atomic E-state index is 0.549. The third kappa shape index (κ3) is 5.57. The molecule has 0 spiro atoms. The van der Waals surface area contributed by atoms with Crippen molar-refractivity contribution in [2.24, 2.45) is 0 Å². The zero-order chi connectivity index (χ0) is 15.5. The van der Waals surface area contributed by atoms with Gasteiger partial charge in [0.25, 0.3) is 0 Å². The molecule has 1 rings (SSSR count). The van der Waals surface area contributed by atoms with E-state index in [2.05, 4.69) is 5.10 Å². The summed E-state index contributed by atoms with van der Waals surface area (Å²) in [6, 6.07) is 0. The van der Waals surface area contributed by atoms with Gasteiger partial charge >= 0.3 is 0 Å². The van der Waals surface area contributed by atoms with Crippen LogP contribution in [0.4, 0.5) is 0 Å². The molecule has 0 unspecified atom stereocenters. The van der Waals surface area contributed by atoms with E-state index in [1.807, 2.05) is 18.5 Å². The third-order valence-electron chi connectivity index (χ3n) is 3.21. The Kier molecular flexibility index (Phi) is 8.89. The molecule has 0 aliphatic heterocycles. The van der Waals surface area contributed by atoms with E-state index in [0.29, 0.717) is 39.6 Å². The smallest absolute Gasteiger partial charge is 0.153 e. The Hall–Kier alpha value is -1.24. The topological polar surface area (TPSA) is 62.6 Å². The fourth-order valence-electron chi connectivity index (χ4n) is 2.14. The van der Waals surface area contributed by atoms with Gasteiger partial charge in [-0.2, -0.15) is 5.10 Å². The predicted octanol–water partition coefficient (Wildman–Crippen LogP) is 1.50. The lowest BCUT2D eigenvalue weighted by atomic mass is 10.1. The van der Waals surface area contributed by atoms with Gasteiger partial charge in [-0.3, -0.25) is 9.48 Å². The summed E-state index contributed by atoms with van der Waals surface area (Å²) < 4.78 is 17.6. The number of aromatic nitrogens is 2. The zero-order valence-corrected chi connectivity index (χ0v) is 13.3. The molecule has 0 bridgehead atoms. The van der Waals surface area contributed by atoms with Crippen LogP contribution in [0.3, 0.4) is 0 Å². The number of hydrogen-bond donors (Lipinski definition) is 0. The van der Waals surface area contributed by atoms with Crippen molar-refractivity contribution >= 4 is 6.29 Å². The first kappa shape index (κ1) is 17.8. The van der Waals surface area contributed by atoms with Crippen molar-refractivity contribution in [1.82, 2.24) is 9.78 Å². The van der Waals surface area contributed by atoms with Crippen LogP contribution in [-0.4, -0.2) is 56.2 Å². The summed E-state index contributed by atoms with van der Waals surface area (Å²) in [6.07, 6.45) is 2.47. The first-order valence-corrected chi connectivity index (χ1v) is 7.46. The maximum atomic E-state index is 11.2. The maximum Gasteiger partial charge on any atom is 0.153 e. The summed E-state index contributed by atoms with van der Waals surface area (Å²) in [5.41, 5.74) is 2.59. The molecule has 1 aromatic heterocycles. The standard InChI is InChI=1S/C15H26N2O4/c1-4-14-13(12-18)15(5-2)17(16-14)6-7-20-10-11-21-9-8-19-3/h12H,4-11H2,1-3H3. The van der Waals surface area contributed by atoms with Crippen LogP contribution in [0.5, 0.6) is 0 Å². The summed E-state index contributed by atoms with van der Waals surface area (Å²) in [5, 5.41) is 4.49. The normalized spacial score (nSPS) is 11.0. The van der Waals surface area contributed by atoms with E-state index < -0.39 is 0 Å². The average molecular weight is 298 g/mol. The fraction of sp³-hybridized carbons (Fsp3) is 0.733. The van der Waals surface area contributed by atoms with E-state index in [0.717, 1.165) is 36.1 Å². The van der Waals surface area contributed by atoms with Gasteiger partial charge in [0, 0.05) is 12.8 Å². The van der Waals surface area contributed by atoms with Gasteiger partial charge in [-0.15, -0.1) is 0 Å². The molecule has 0 amide bonds. The van der Waals surface area contributed by atoms with Crippen LogP contribution in [-0.2, 0) is 33.6 Å². The molecule has 0 N–H and O–H groups in total. The lowest BCUT2D eigenvalue weighted by Crippen LogP contribution is -2.14. The average Bonchev–Trinajstić information content (AvgIpc) is 2.86. The van der Waals surface area contributed by atoms with Gasteiger partial charge in [0.15, 0.2) is 6.29 Å². The SMILES string of the molecule is CCc1nn(CCOCCOCCOC)c(CC)c1C=O. The minimum atomic E-state index is 0.549. The van der Waals surface area contributed by atoms with Crippen molar-refractivity contribution in [3.8, 4) is 0 Å². The van der Waals surface area contributed by atoms with Crippen molar-refractivity contribution in [2.45, 2.75) is 33.2 Å². The molecule has 0 aromatic carbocycles. The van der Waals surface area contributed by atoms with Gasteiger partial charge in [0.1, 0.15) is 0 Å². The summed E-state index contributed by atoms with van der Waals surface area (Å²) in [4.78, 5) is 11.2. The maximum absolute atomic E-state index is 11.2. The molecule has 120 valence electrons. The van der Waals surface area contributed by atoms with Gasteiger partial charge in [0.2, 0.25) is 0 Å². The largest absolute Gasteiger partial charge is 0.382 e. The molecule has 1 aromatic rings. The van der Waals surface area contributed by atoms with Crippen molar-refractivity contribution in [3.05, 3.63) is 17.0 Å². The van der Waals surface area contributed by atoms with E-state index in [4.69, 9.17) is 14.2 Å². The molecule has 0 atom stereocenters. The Bertz CT molecular complexity index is 418. The van der Waals surface area contributed by atoms with Crippen molar-refractivity contribution < 1.29 is 19.0 Å². The summed E-state index contributed by atoms with van der Waals surface area (Å²) in [6.45, 7) is 7.54. The van der Waals surface area contributed by atoms with Crippen LogP contribution in [0.1, 0.15) is 35.6 Å².